The molecule has 1 unspecified atom stereocenters. The van der Waals surface area contributed by atoms with Gasteiger partial charge >= 0.3 is 5.97 Å². The predicted octanol–water partition coefficient (Wildman–Crippen LogP) is 1.51. The summed E-state index contributed by atoms with van der Waals surface area (Å²) in [6.07, 6.45) is 5.30. The van der Waals surface area contributed by atoms with Gasteiger partial charge in [0, 0.05) is 12.7 Å². The zero-order valence-corrected chi connectivity index (χ0v) is 10.8. The van der Waals surface area contributed by atoms with Crippen molar-refractivity contribution in [3.63, 3.8) is 0 Å². The van der Waals surface area contributed by atoms with Crippen LogP contribution in [0.2, 0.25) is 0 Å². The van der Waals surface area contributed by atoms with E-state index in [1.807, 2.05) is 24.7 Å². The molecule has 1 rings (SSSR count). The molecule has 1 N–H and O–H groups in total. The van der Waals surface area contributed by atoms with Crippen molar-refractivity contribution in [2.75, 3.05) is 13.7 Å². The van der Waals surface area contributed by atoms with E-state index in [1.54, 1.807) is 6.33 Å². The van der Waals surface area contributed by atoms with Crippen LogP contribution in [0.15, 0.2) is 12.5 Å². The number of nitrogens with one attached hydrogen (secondary N) is 1. The number of ether oxygens (including phenoxy) is 1. The number of rotatable bonds is 7. The molecule has 0 bridgehead atoms. The van der Waals surface area contributed by atoms with E-state index in [-0.39, 0.29) is 12.0 Å². The quantitative estimate of drug-likeness (QED) is 0.733. The Hall–Kier alpha value is -1.36. The highest BCUT2D eigenvalue weighted by Crippen LogP contribution is 2.16. The maximum Gasteiger partial charge on any atom is 0.329 e. The maximum absolute atomic E-state index is 11.8. The van der Waals surface area contributed by atoms with Crippen LogP contribution in [-0.2, 0) is 16.1 Å². The van der Waals surface area contributed by atoms with Gasteiger partial charge in [-0.1, -0.05) is 13.3 Å². The van der Waals surface area contributed by atoms with Gasteiger partial charge in [-0.3, -0.25) is 0 Å². The summed E-state index contributed by atoms with van der Waals surface area (Å²) in [5.41, 5.74) is 0.929. The third-order valence-electron chi connectivity index (χ3n) is 2.49. The highest BCUT2D eigenvalue weighted by molar-refractivity contribution is 5.74. The van der Waals surface area contributed by atoms with Crippen LogP contribution in [0.3, 0.4) is 0 Å². The molecule has 0 aliphatic carbocycles. The van der Waals surface area contributed by atoms with E-state index in [4.69, 9.17) is 4.74 Å². The first-order chi connectivity index (χ1) is 8.22. The molecule has 1 aromatic rings. The van der Waals surface area contributed by atoms with Crippen molar-refractivity contribution in [2.24, 2.45) is 0 Å². The summed E-state index contributed by atoms with van der Waals surface area (Å²) in [6.45, 7) is 4.99. The largest absolute Gasteiger partial charge is 0.464 e. The Balaban J connectivity index is 2.77. The fraction of sp³-hybridized carbons (Fsp3) is 0.667. The van der Waals surface area contributed by atoms with E-state index in [2.05, 4.69) is 17.2 Å². The molecule has 5 nitrogen and oxygen atoms in total. The monoisotopic (exact) mass is 239 g/mol. The molecule has 17 heavy (non-hydrogen) atoms. The smallest absolute Gasteiger partial charge is 0.329 e. The first kappa shape index (κ1) is 13.7. The van der Waals surface area contributed by atoms with Crippen molar-refractivity contribution < 1.29 is 9.53 Å². The zero-order valence-electron chi connectivity index (χ0n) is 10.8. The van der Waals surface area contributed by atoms with Crippen molar-refractivity contribution in [1.29, 1.82) is 0 Å². The SMILES string of the molecule is CCCC(C(=O)OCC)n1cnc(CNC)c1. The lowest BCUT2D eigenvalue weighted by molar-refractivity contribution is -0.147. The molecule has 0 fully saturated rings. The molecule has 5 heteroatoms. The maximum atomic E-state index is 11.8. The number of imidazole rings is 1. The van der Waals surface area contributed by atoms with Crippen LogP contribution in [0.4, 0.5) is 0 Å². The van der Waals surface area contributed by atoms with Gasteiger partial charge in [-0.25, -0.2) is 9.78 Å². The van der Waals surface area contributed by atoms with Crippen LogP contribution >= 0.6 is 0 Å². The number of carbonyl (C=O) groups is 1. The van der Waals surface area contributed by atoms with Gasteiger partial charge in [0.15, 0.2) is 0 Å². The summed E-state index contributed by atoms with van der Waals surface area (Å²) in [5, 5.41) is 3.03. The van der Waals surface area contributed by atoms with Gasteiger partial charge in [0.1, 0.15) is 6.04 Å². The number of carbonyl (C=O) groups excluding carboxylic acids is 1. The van der Waals surface area contributed by atoms with Crippen LogP contribution in [-0.4, -0.2) is 29.2 Å². The normalized spacial score (nSPS) is 12.4. The van der Waals surface area contributed by atoms with Crippen LogP contribution < -0.4 is 5.32 Å². The average molecular weight is 239 g/mol. The van der Waals surface area contributed by atoms with Crippen molar-refractivity contribution in [3.05, 3.63) is 18.2 Å². The summed E-state index contributed by atoms with van der Waals surface area (Å²) in [7, 11) is 1.87. The predicted molar refractivity (Wildman–Crippen MR) is 65.6 cm³/mol. The second kappa shape index (κ2) is 7.06. The van der Waals surface area contributed by atoms with Gasteiger partial charge in [-0.05, 0) is 20.4 Å². The molecule has 0 radical (unpaired) electrons. The number of hydrogen-bond donors (Lipinski definition) is 1. The minimum absolute atomic E-state index is 0.178. The van der Waals surface area contributed by atoms with Gasteiger partial charge in [-0.15, -0.1) is 0 Å². The minimum Gasteiger partial charge on any atom is -0.464 e. The van der Waals surface area contributed by atoms with Gasteiger partial charge in [0.2, 0.25) is 0 Å². The molecule has 1 aromatic heterocycles. The summed E-state index contributed by atoms with van der Waals surface area (Å²) >= 11 is 0. The summed E-state index contributed by atoms with van der Waals surface area (Å²) in [6, 6.07) is -0.252. The third kappa shape index (κ3) is 3.85. The van der Waals surface area contributed by atoms with Crippen molar-refractivity contribution >= 4 is 5.97 Å². The molecular formula is C12H21N3O2. The van der Waals surface area contributed by atoms with Crippen LogP contribution in [0, 0.1) is 0 Å². The average Bonchev–Trinajstić information content (AvgIpc) is 2.75. The number of esters is 1. The van der Waals surface area contributed by atoms with Gasteiger partial charge in [0.25, 0.3) is 0 Å². The fourth-order valence-corrected chi connectivity index (χ4v) is 1.72. The summed E-state index contributed by atoms with van der Waals surface area (Å²) in [4.78, 5) is 16.1. The highest BCUT2D eigenvalue weighted by atomic mass is 16.5. The lowest BCUT2D eigenvalue weighted by Gasteiger charge is -2.15. The van der Waals surface area contributed by atoms with E-state index >= 15 is 0 Å². The third-order valence-corrected chi connectivity index (χ3v) is 2.49. The molecule has 0 spiro atoms. The molecular weight excluding hydrogens is 218 g/mol. The highest BCUT2D eigenvalue weighted by Gasteiger charge is 2.20. The number of hydrogen-bond acceptors (Lipinski definition) is 4. The minimum atomic E-state index is -0.252. The topological polar surface area (TPSA) is 56.2 Å². The Morgan fingerprint density at radius 3 is 2.94 bits per heavy atom. The van der Waals surface area contributed by atoms with E-state index in [0.717, 1.165) is 18.5 Å². The Morgan fingerprint density at radius 1 is 1.59 bits per heavy atom. The summed E-state index contributed by atoms with van der Waals surface area (Å²) in [5.74, 6) is -0.178. The second-order valence-corrected chi connectivity index (χ2v) is 3.90. The fourth-order valence-electron chi connectivity index (χ4n) is 1.72. The second-order valence-electron chi connectivity index (χ2n) is 3.90. The van der Waals surface area contributed by atoms with Crippen molar-refractivity contribution in [3.8, 4) is 0 Å². The molecule has 0 aliphatic heterocycles. The van der Waals surface area contributed by atoms with E-state index in [1.165, 1.54) is 0 Å². The van der Waals surface area contributed by atoms with Gasteiger partial charge in [0.05, 0.1) is 18.6 Å². The Morgan fingerprint density at radius 2 is 2.35 bits per heavy atom. The van der Waals surface area contributed by atoms with Gasteiger partial charge in [-0.2, -0.15) is 0 Å². The molecule has 0 amide bonds. The van der Waals surface area contributed by atoms with Gasteiger partial charge < -0.3 is 14.6 Å². The summed E-state index contributed by atoms with van der Waals surface area (Å²) < 4.78 is 6.92. The van der Waals surface area contributed by atoms with E-state index in [0.29, 0.717) is 13.2 Å². The Kier molecular flexibility index (Phi) is 5.69. The molecule has 1 atom stereocenters. The molecule has 1 heterocycles. The molecule has 0 aliphatic rings. The standard InChI is InChI=1S/C12H21N3O2/c1-4-6-11(12(16)17-5-2)15-8-10(7-13-3)14-9-15/h8-9,11,13H,4-7H2,1-3H3. The molecule has 0 saturated heterocycles. The lowest BCUT2D eigenvalue weighted by Crippen LogP contribution is -2.21. The molecule has 0 aromatic carbocycles. The number of nitrogens with zero attached hydrogens (tertiary/aromatic N) is 2. The Bertz CT molecular complexity index is 349. The van der Waals surface area contributed by atoms with Crippen LogP contribution in [0.25, 0.3) is 0 Å². The van der Waals surface area contributed by atoms with E-state index < -0.39 is 0 Å². The molecule has 96 valence electrons. The Labute approximate surface area is 102 Å². The molecule has 0 saturated carbocycles. The van der Waals surface area contributed by atoms with Crippen molar-refractivity contribution in [2.45, 2.75) is 39.3 Å². The van der Waals surface area contributed by atoms with Crippen LogP contribution in [0.5, 0.6) is 0 Å². The first-order valence-electron chi connectivity index (χ1n) is 6.06. The van der Waals surface area contributed by atoms with E-state index in [9.17, 15) is 4.79 Å². The lowest BCUT2D eigenvalue weighted by atomic mass is 10.1. The number of aromatic nitrogens is 2. The van der Waals surface area contributed by atoms with Crippen LogP contribution in [0.1, 0.15) is 38.4 Å². The first-order valence-corrected chi connectivity index (χ1v) is 6.06. The zero-order chi connectivity index (χ0) is 12.7. The van der Waals surface area contributed by atoms with Crippen molar-refractivity contribution in [1.82, 2.24) is 14.9 Å².